The van der Waals surface area contributed by atoms with E-state index >= 15 is 0 Å². The molecule has 3 rings (SSSR count). The number of imide groups is 1. The number of ether oxygens (including phenoxy) is 2. The van der Waals surface area contributed by atoms with Crippen molar-refractivity contribution in [2.45, 2.75) is 25.8 Å². The maximum Gasteiger partial charge on any atom is 0.308 e. The molecule has 1 aliphatic heterocycles. The van der Waals surface area contributed by atoms with Crippen molar-refractivity contribution in [3.8, 4) is 5.75 Å². The van der Waals surface area contributed by atoms with Crippen LogP contribution in [0.3, 0.4) is 0 Å². The number of benzene rings is 2. The Morgan fingerprint density at radius 1 is 1.00 bits per heavy atom. The number of esters is 1. The van der Waals surface area contributed by atoms with Gasteiger partial charge in [-0.15, -0.1) is 0 Å². The molecule has 2 aromatic carbocycles. The van der Waals surface area contributed by atoms with Gasteiger partial charge in [0.25, 0.3) is 11.8 Å². The molecule has 1 atom stereocenters. The summed E-state index contributed by atoms with van der Waals surface area (Å²) in [5, 5.41) is 0. The molecule has 0 saturated heterocycles. The van der Waals surface area contributed by atoms with Gasteiger partial charge >= 0.3 is 5.97 Å². The summed E-state index contributed by atoms with van der Waals surface area (Å²) in [4.78, 5) is 39.1. The van der Waals surface area contributed by atoms with Gasteiger partial charge in [-0.25, -0.2) is 0 Å². The second-order valence-corrected chi connectivity index (χ2v) is 6.24. The Kier molecular flexibility index (Phi) is 5.54. The number of fused-ring (bicyclic) bond motifs is 1. The minimum absolute atomic E-state index is 0.0994. The number of hydrogen-bond acceptors (Lipinski definition) is 5. The van der Waals surface area contributed by atoms with Gasteiger partial charge in [-0.1, -0.05) is 31.2 Å². The summed E-state index contributed by atoms with van der Waals surface area (Å²) in [6, 6.07) is 12.9. The average molecular weight is 367 g/mol. The molecule has 1 aliphatic rings. The molecule has 0 saturated carbocycles. The van der Waals surface area contributed by atoms with Crippen molar-refractivity contribution in [2.24, 2.45) is 0 Å². The molecule has 0 aliphatic carbocycles. The zero-order valence-corrected chi connectivity index (χ0v) is 15.3. The topological polar surface area (TPSA) is 72.9 Å². The molecule has 140 valence electrons. The molecule has 0 bridgehead atoms. The third-order valence-electron chi connectivity index (χ3n) is 4.46. The lowest BCUT2D eigenvalue weighted by molar-refractivity contribution is -0.144. The van der Waals surface area contributed by atoms with E-state index in [9.17, 15) is 14.4 Å². The van der Waals surface area contributed by atoms with E-state index in [1.54, 1.807) is 55.6 Å². The summed E-state index contributed by atoms with van der Waals surface area (Å²) in [5.41, 5.74) is 1.37. The fraction of sp³-hybridized carbons (Fsp3) is 0.286. The monoisotopic (exact) mass is 367 g/mol. The van der Waals surface area contributed by atoms with Crippen molar-refractivity contribution in [2.75, 3.05) is 13.7 Å². The van der Waals surface area contributed by atoms with Crippen LogP contribution in [-0.2, 0) is 9.53 Å². The van der Waals surface area contributed by atoms with Crippen molar-refractivity contribution in [1.29, 1.82) is 0 Å². The lowest BCUT2D eigenvalue weighted by atomic mass is 10.0. The van der Waals surface area contributed by atoms with Crippen LogP contribution in [0.5, 0.6) is 5.75 Å². The van der Waals surface area contributed by atoms with Crippen LogP contribution in [0.25, 0.3) is 0 Å². The molecule has 0 radical (unpaired) electrons. The minimum atomic E-state index is -0.743. The van der Waals surface area contributed by atoms with Crippen LogP contribution in [0, 0.1) is 0 Å². The summed E-state index contributed by atoms with van der Waals surface area (Å²) in [6.45, 7) is 2.20. The molecular formula is C21H21NO5. The van der Waals surface area contributed by atoms with E-state index in [1.807, 2.05) is 6.92 Å². The Morgan fingerprint density at radius 2 is 1.59 bits per heavy atom. The molecule has 2 aromatic rings. The smallest absolute Gasteiger partial charge is 0.308 e. The van der Waals surface area contributed by atoms with Crippen molar-refractivity contribution < 1.29 is 23.9 Å². The van der Waals surface area contributed by atoms with Crippen LogP contribution < -0.4 is 4.74 Å². The van der Waals surface area contributed by atoms with Crippen LogP contribution in [0.1, 0.15) is 52.1 Å². The van der Waals surface area contributed by atoms with Gasteiger partial charge in [-0.05, 0) is 36.2 Å². The SMILES string of the molecule is CCCOC(=O)CC(c1ccc(OC)cc1)N1C(=O)c2ccccc2C1=O. The predicted octanol–water partition coefficient (Wildman–Crippen LogP) is 3.38. The fourth-order valence-electron chi connectivity index (χ4n) is 3.11. The minimum Gasteiger partial charge on any atom is -0.497 e. The van der Waals surface area contributed by atoms with E-state index in [1.165, 1.54) is 0 Å². The number of methoxy groups -OCH3 is 1. The highest BCUT2D eigenvalue weighted by Crippen LogP contribution is 2.34. The largest absolute Gasteiger partial charge is 0.497 e. The highest BCUT2D eigenvalue weighted by atomic mass is 16.5. The van der Waals surface area contributed by atoms with E-state index in [2.05, 4.69) is 0 Å². The standard InChI is InChI=1S/C21H21NO5/c1-3-12-27-19(23)13-18(14-8-10-15(26-2)11-9-14)22-20(24)16-6-4-5-7-17(16)21(22)25/h4-11,18H,3,12-13H2,1-2H3. The number of carbonyl (C=O) groups excluding carboxylic acids is 3. The van der Waals surface area contributed by atoms with E-state index < -0.39 is 23.8 Å². The third-order valence-corrected chi connectivity index (χ3v) is 4.46. The Labute approximate surface area is 157 Å². The molecule has 1 heterocycles. The van der Waals surface area contributed by atoms with E-state index in [0.29, 0.717) is 35.5 Å². The average Bonchev–Trinajstić information content (AvgIpc) is 2.95. The summed E-state index contributed by atoms with van der Waals surface area (Å²) in [6.07, 6.45) is 0.601. The van der Waals surface area contributed by atoms with E-state index in [0.717, 1.165) is 4.90 Å². The Hall–Kier alpha value is -3.15. The second kappa shape index (κ2) is 8.03. The summed E-state index contributed by atoms with van der Waals surface area (Å²) < 4.78 is 10.3. The first-order valence-electron chi connectivity index (χ1n) is 8.83. The first kappa shape index (κ1) is 18.6. The lowest BCUT2D eigenvalue weighted by Gasteiger charge is -2.26. The Bertz CT molecular complexity index is 824. The first-order valence-corrected chi connectivity index (χ1v) is 8.83. The van der Waals surface area contributed by atoms with Gasteiger partial charge in [0.1, 0.15) is 5.75 Å². The molecule has 0 N–H and O–H groups in total. The van der Waals surface area contributed by atoms with Crippen LogP contribution in [0.15, 0.2) is 48.5 Å². The van der Waals surface area contributed by atoms with E-state index in [4.69, 9.17) is 9.47 Å². The van der Waals surface area contributed by atoms with Gasteiger partial charge in [0.15, 0.2) is 0 Å². The zero-order chi connectivity index (χ0) is 19.4. The van der Waals surface area contributed by atoms with Crippen LogP contribution in [0.2, 0.25) is 0 Å². The number of hydrogen-bond donors (Lipinski definition) is 0. The van der Waals surface area contributed by atoms with Crippen LogP contribution in [0.4, 0.5) is 0 Å². The molecule has 6 heteroatoms. The third kappa shape index (κ3) is 3.69. The highest BCUT2D eigenvalue weighted by molar-refractivity contribution is 6.21. The number of carbonyl (C=O) groups is 3. The van der Waals surface area contributed by atoms with Crippen LogP contribution in [-0.4, -0.2) is 36.4 Å². The number of rotatable bonds is 7. The highest BCUT2D eigenvalue weighted by Gasteiger charge is 2.41. The molecule has 0 fully saturated rings. The predicted molar refractivity (Wildman–Crippen MR) is 98.5 cm³/mol. The first-order chi connectivity index (χ1) is 13.1. The van der Waals surface area contributed by atoms with Crippen molar-refractivity contribution in [1.82, 2.24) is 4.90 Å². The quantitative estimate of drug-likeness (QED) is 0.554. The summed E-state index contributed by atoms with van der Waals surface area (Å²) in [5.74, 6) is -0.609. The van der Waals surface area contributed by atoms with Gasteiger partial charge in [-0.2, -0.15) is 0 Å². The van der Waals surface area contributed by atoms with Gasteiger partial charge in [0.2, 0.25) is 0 Å². The summed E-state index contributed by atoms with van der Waals surface area (Å²) >= 11 is 0. The zero-order valence-electron chi connectivity index (χ0n) is 15.3. The second-order valence-electron chi connectivity index (χ2n) is 6.24. The van der Waals surface area contributed by atoms with E-state index in [-0.39, 0.29) is 6.42 Å². The van der Waals surface area contributed by atoms with Crippen molar-refractivity contribution in [3.63, 3.8) is 0 Å². The molecule has 6 nitrogen and oxygen atoms in total. The molecule has 1 unspecified atom stereocenters. The molecule has 2 amide bonds. The number of nitrogens with zero attached hydrogens (tertiary/aromatic N) is 1. The fourth-order valence-corrected chi connectivity index (χ4v) is 3.11. The number of amides is 2. The summed E-state index contributed by atoms with van der Waals surface area (Å²) in [7, 11) is 1.55. The molecule has 27 heavy (non-hydrogen) atoms. The van der Waals surface area contributed by atoms with Crippen molar-refractivity contribution >= 4 is 17.8 Å². The molecule has 0 aromatic heterocycles. The van der Waals surface area contributed by atoms with Gasteiger partial charge in [0.05, 0.1) is 37.3 Å². The van der Waals surface area contributed by atoms with Gasteiger partial charge in [-0.3, -0.25) is 19.3 Å². The van der Waals surface area contributed by atoms with Crippen molar-refractivity contribution in [3.05, 3.63) is 65.2 Å². The Balaban J connectivity index is 1.95. The van der Waals surface area contributed by atoms with Gasteiger partial charge in [0, 0.05) is 0 Å². The normalized spacial score (nSPS) is 14.1. The molecular weight excluding hydrogens is 346 g/mol. The molecule has 0 spiro atoms. The lowest BCUT2D eigenvalue weighted by Crippen LogP contribution is -2.35. The maximum atomic E-state index is 12.9. The maximum absolute atomic E-state index is 12.9. The van der Waals surface area contributed by atoms with Gasteiger partial charge < -0.3 is 9.47 Å². The van der Waals surface area contributed by atoms with Crippen LogP contribution >= 0.6 is 0 Å². The Morgan fingerprint density at radius 3 is 2.11 bits per heavy atom.